The number of carbonyl (C=O) groups excluding carboxylic acids is 1. The van der Waals surface area contributed by atoms with Gasteiger partial charge in [-0.3, -0.25) is 9.59 Å². The van der Waals surface area contributed by atoms with Crippen molar-refractivity contribution in [1.82, 2.24) is 14.9 Å². The summed E-state index contributed by atoms with van der Waals surface area (Å²) in [6.07, 6.45) is 8.91. The number of benzene rings is 1. The fourth-order valence-corrected chi connectivity index (χ4v) is 3.61. The van der Waals surface area contributed by atoms with Crippen molar-refractivity contribution >= 4 is 16.8 Å². The predicted octanol–water partition coefficient (Wildman–Crippen LogP) is 4.30. The smallest absolute Gasteiger partial charge is 0.258 e. The second kappa shape index (κ2) is 12.4. The van der Waals surface area contributed by atoms with Gasteiger partial charge in [0.2, 0.25) is 5.91 Å². The molecule has 0 aliphatic heterocycles. The standard InChI is InChI=1S/C23H36N4O2/c1-3-4-5-8-15-21(28)27(17-12-7-6-11-16-24)18(2)22-25-20-14-10-9-13-19(20)23(29)26-22/h9-10,13-14,18H,3-8,11-12,15-17,24H2,1-2H3,(H,25,26,29). The van der Waals surface area contributed by atoms with E-state index in [1.165, 1.54) is 0 Å². The van der Waals surface area contributed by atoms with E-state index in [2.05, 4.69) is 16.9 Å². The molecule has 0 spiro atoms. The Labute approximate surface area is 173 Å². The third kappa shape index (κ3) is 6.96. The van der Waals surface area contributed by atoms with E-state index in [1.807, 2.05) is 30.0 Å². The van der Waals surface area contributed by atoms with Gasteiger partial charge < -0.3 is 15.6 Å². The summed E-state index contributed by atoms with van der Waals surface area (Å²) in [5.74, 6) is 0.695. The highest BCUT2D eigenvalue weighted by molar-refractivity contribution is 5.78. The molecule has 2 aromatic rings. The molecule has 2 rings (SSSR count). The molecule has 160 valence electrons. The van der Waals surface area contributed by atoms with Crippen LogP contribution in [0.15, 0.2) is 29.1 Å². The third-order valence-corrected chi connectivity index (χ3v) is 5.41. The second-order valence-electron chi connectivity index (χ2n) is 7.74. The molecule has 0 saturated carbocycles. The molecule has 1 aromatic heterocycles. The molecule has 0 fully saturated rings. The number of aromatic amines is 1. The molecule has 1 aromatic carbocycles. The van der Waals surface area contributed by atoms with Gasteiger partial charge in [-0.15, -0.1) is 0 Å². The molecule has 1 unspecified atom stereocenters. The number of amides is 1. The quantitative estimate of drug-likeness (QED) is 0.490. The lowest BCUT2D eigenvalue weighted by Crippen LogP contribution is -2.36. The lowest BCUT2D eigenvalue weighted by Gasteiger charge is -2.29. The topological polar surface area (TPSA) is 92.1 Å². The zero-order valence-corrected chi connectivity index (χ0v) is 18.0. The number of para-hydroxylation sites is 1. The number of nitrogens with two attached hydrogens (primary N) is 1. The van der Waals surface area contributed by atoms with Gasteiger partial charge in [-0.05, 0) is 44.9 Å². The van der Waals surface area contributed by atoms with E-state index in [4.69, 9.17) is 5.73 Å². The summed E-state index contributed by atoms with van der Waals surface area (Å²) in [4.78, 5) is 34.9. The minimum atomic E-state index is -0.263. The van der Waals surface area contributed by atoms with Crippen molar-refractivity contribution in [2.45, 2.75) is 77.7 Å². The zero-order chi connectivity index (χ0) is 21.1. The van der Waals surface area contributed by atoms with E-state index in [-0.39, 0.29) is 17.5 Å². The Kier molecular flexibility index (Phi) is 9.84. The molecule has 29 heavy (non-hydrogen) atoms. The van der Waals surface area contributed by atoms with Crippen molar-refractivity contribution in [2.75, 3.05) is 13.1 Å². The minimum Gasteiger partial charge on any atom is -0.333 e. The number of fused-ring (bicyclic) bond motifs is 1. The molecular weight excluding hydrogens is 364 g/mol. The first kappa shape index (κ1) is 23.1. The van der Waals surface area contributed by atoms with Crippen LogP contribution in [0.2, 0.25) is 0 Å². The van der Waals surface area contributed by atoms with Crippen molar-refractivity contribution in [2.24, 2.45) is 5.73 Å². The molecule has 0 aliphatic carbocycles. The third-order valence-electron chi connectivity index (χ3n) is 5.41. The molecule has 1 heterocycles. The lowest BCUT2D eigenvalue weighted by molar-refractivity contribution is -0.133. The van der Waals surface area contributed by atoms with Crippen LogP contribution in [0.3, 0.4) is 0 Å². The fourth-order valence-electron chi connectivity index (χ4n) is 3.61. The largest absolute Gasteiger partial charge is 0.333 e. The molecule has 1 atom stereocenters. The zero-order valence-electron chi connectivity index (χ0n) is 18.0. The molecule has 0 aliphatic rings. The molecule has 6 heteroatoms. The first-order valence-corrected chi connectivity index (χ1v) is 11.1. The van der Waals surface area contributed by atoms with Gasteiger partial charge in [-0.1, -0.05) is 51.2 Å². The van der Waals surface area contributed by atoms with E-state index in [0.717, 1.165) is 51.4 Å². The molecule has 6 nitrogen and oxygen atoms in total. The van der Waals surface area contributed by atoms with Gasteiger partial charge in [0, 0.05) is 13.0 Å². The van der Waals surface area contributed by atoms with Crippen LogP contribution in [-0.4, -0.2) is 33.9 Å². The first-order chi connectivity index (χ1) is 14.1. The van der Waals surface area contributed by atoms with Crippen molar-refractivity contribution in [3.05, 3.63) is 40.4 Å². The van der Waals surface area contributed by atoms with Gasteiger partial charge in [0.05, 0.1) is 16.9 Å². The monoisotopic (exact) mass is 400 g/mol. The minimum absolute atomic E-state index is 0.142. The Balaban J connectivity index is 2.14. The van der Waals surface area contributed by atoms with Crippen molar-refractivity contribution in [1.29, 1.82) is 0 Å². The number of rotatable bonds is 13. The molecule has 0 bridgehead atoms. The van der Waals surface area contributed by atoms with Crippen LogP contribution in [0.1, 0.15) is 83.5 Å². The van der Waals surface area contributed by atoms with Gasteiger partial charge >= 0.3 is 0 Å². The van der Waals surface area contributed by atoms with E-state index < -0.39 is 0 Å². The number of H-pyrrole nitrogens is 1. The Bertz CT molecular complexity index is 818. The van der Waals surface area contributed by atoms with Gasteiger partial charge in [0.15, 0.2) is 0 Å². The van der Waals surface area contributed by atoms with Gasteiger partial charge in [-0.2, -0.15) is 0 Å². The maximum Gasteiger partial charge on any atom is 0.258 e. The van der Waals surface area contributed by atoms with Crippen LogP contribution >= 0.6 is 0 Å². The molecule has 3 N–H and O–H groups in total. The number of unbranched alkanes of at least 4 members (excludes halogenated alkanes) is 6. The van der Waals surface area contributed by atoms with Crippen LogP contribution in [0, 0.1) is 0 Å². The number of hydrogen-bond acceptors (Lipinski definition) is 4. The van der Waals surface area contributed by atoms with Gasteiger partial charge in [0.1, 0.15) is 5.82 Å². The SMILES string of the molecule is CCCCCCC(=O)N(CCCCCCN)C(C)c1nc2ccccc2c(=O)[nH]1. The van der Waals surface area contributed by atoms with E-state index in [1.54, 1.807) is 6.07 Å². The maximum absolute atomic E-state index is 13.0. The first-order valence-electron chi connectivity index (χ1n) is 11.1. The molecule has 0 saturated heterocycles. The van der Waals surface area contributed by atoms with Crippen molar-refractivity contribution in [3.63, 3.8) is 0 Å². The Morgan fingerprint density at radius 2 is 1.83 bits per heavy atom. The fraction of sp³-hybridized carbons (Fsp3) is 0.609. The summed E-state index contributed by atoms with van der Waals surface area (Å²) in [7, 11) is 0. The number of carbonyl (C=O) groups is 1. The highest BCUT2D eigenvalue weighted by Crippen LogP contribution is 2.21. The Hall–Kier alpha value is -2.21. The number of nitrogens with zero attached hydrogens (tertiary/aromatic N) is 2. The number of hydrogen-bond donors (Lipinski definition) is 2. The summed E-state index contributed by atoms with van der Waals surface area (Å²) in [5.41, 5.74) is 6.08. The number of nitrogens with one attached hydrogen (secondary N) is 1. The van der Waals surface area contributed by atoms with E-state index >= 15 is 0 Å². The normalized spacial score (nSPS) is 12.2. The lowest BCUT2D eigenvalue weighted by atomic mass is 10.1. The van der Waals surface area contributed by atoms with Crippen LogP contribution in [0.4, 0.5) is 0 Å². The van der Waals surface area contributed by atoms with Gasteiger partial charge in [0.25, 0.3) is 5.56 Å². The van der Waals surface area contributed by atoms with Crippen LogP contribution in [-0.2, 0) is 4.79 Å². The van der Waals surface area contributed by atoms with Crippen LogP contribution < -0.4 is 11.3 Å². The van der Waals surface area contributed by atoms with Crippen LogP contribution in [0.5, 0.6) is 0 Å². The number of aromatic nitrogens is 2. The van der Waals surface area contributed by atoms with Crippen molar-refractivity contribution in [3.8, 4) is 0 Å². The van der Waals surface area contributed by atoms with Gasteiger partial charge in [-0.25, -0.2) is 4.98 Å². The van der Waals surface area contributed by atoms with Crippen molar-refractivity contribution < 1.29 is 4.79 Å². The molecule has 1 amide bonds. The molecule has 0 radical (unpaired) electrons. The summed E-state index contributed by atoms with van der Waals surface area (Å²) in [5, 5.41) is 0.572. The summed E-state index contributed by atoms with van der Waals surface area (Å²) < 4.78 is 0. The Morgan fingerprint density at radius 3 is 2.59 bits per heavy atom. The molecular formula is C23H36N4O2. The van der Waals surface area contributed by atoms with Crippen LogP contribution in [0.25, 0.3) is 10.9 Å². The van der Waals surface area contributed by atoms with E-state index in [9.17, 15) is 9.59 Å². The second-order valence-corrected chi connectivity index (χ2v) is 7.74. The van der Waals surface area contributed by atoms with E-state index in [0.29, 0.717) is 36.2 Å². The average molecular weight is 401 g/mol. The highest BCUT2D eigenvalue weighted by atomic mass is 16.2. The Morgan fingerprint density at radius 1 is 1.10 bits per heavy atom. The summed E-state index contributed by atoms with van der Waals surface area (Å²) in [6.45, 7) is 5.50. The maximum atomic E-state index is 13.0. The average Bonchev–Trinajstić information content (AvgIpc) is 2.73. The summed E-state index contributed by atoms with van der Waals surface area (Å²) >= 11 is 0. The highest BCUT2D eigenvalue weighted by Gasteiger charge is 2.23. The summed E-state index contributed by atoms with van der Waals surface area (Å²) in [6, 6.07) is 7.04. The predicted molar refractivity (Wildman–Crippen MR) is 119 cm³/mol.